The summed E-state index contributed by atoms with van der Waals surface area (Å²) in [5.74, 6) is -2.72. The number of hydrogen-bond acceptors (Lipinski definition) is 8. The summed E-state index contributed by atoms with van der Waals surface area (Å²) in [6.07, 6.45) is 3.11. The van der Waals surface area contributed by atoms with Gasteiger partial charge in [0.05, 0.1) is 18.7 Å². The quantitative estimate of drug-likeness (QED) is 0.258. The summed E-state index contributed by atoms with van der Waals surface area (Å²) in [5.41, 5.74) is 0.541. The van der Waals surface area contributed by atoms with Crippen LogP contribution >= 0.6 is 12.2 Å². The Morgan fingerprint density at radius 3 is 2.56 bits per heavy atom. The first-order valence-electron chi connectivity index (χ1n) is 9.82. The maximum absolute atomic E-state index is 12.8. The van der Waals surface area contributed by atoms with Gasteiger partial charge >= 0.3 is 11.9 Å². The predicted octanol–water partition coefficient (Wildman–Crippen LogP) is 2.19. The highest BCUT2D eigenvalue weighted by Crippen LogP contribution is 2.27. The number of benzene rings is 1. The molecule has 1 heterocycles. The van der Waals surface area contributed by atoms with E-state index in [-0.39, 0.29) is 37.6 Å². The number of amides is 1. The molecule has 1 saturated heterocycles. The zero-order valence-electron chi connectivity index (χ0n) is 17.7. The summed E-state index contributed by atoms with van der Waals surface area (Å²) >= 11 is 4.82. The Morgan fingerprint density at radius 1 is 1.25 bits per heavy atom. The summed E-state index contributed by atoms with van der Waals surface area (Å²) in [6, 6.07) is 3.88. The van der Waals surface area contributed by atoms with Gasteiger partial charge in [0.25, 0.3) is 0 Å². The lowest BCUT2D eigenvalue weighted by Gasteiger charge is -2.19. The highest BCUT2D eigenvalue weighted by Gasteiger charge is 2.40. The molecule has 1 aromatic carbocycles. The molecule has 1 unspecified atom stereocenters. The lowest BCUT2D eigenvalue weighted by atomic mass is 9.90. The van der Waals surface area contributed by atoms with Crippen molar-refractivity contribution in [1.82, 2.24) is 5.32 Å². The number of anilines is 1. The minimum Gasteiger partial charge on any atom is -0.501 e. The molecular formula is C22H26N2O7S. The number of rotatable bonds is 11. The molecule has 3 N–H and O–H groups in total. The number of methoxy groups -OCH3 is 1. The van der Waals surface area contributed by atoms with Crippen molar-refractivity contribution in [3.63, 3.8) is 0 Å². The van der Waals surface area contributed by atoms with Gasteiger partial charge in [0.2, 0.25) is 5.91 Å². The van der Waals surface area contributed by atoms with E-state index in [1.165, 1.54) is 31.4 Å². The van der Waals surface area contributed by atoms with Crippen molar-refractivity contribution in [1.29, 1.82) is 0 Å². The Hall–Kier alpha value is -3.24. The van der Waals surface area contributed by atoms with Crippen LogP contribution in [0.5, 0.6) is 5.75 Å². The smallest absolute Gasteiger partial charge is 0.338 e. The lowest BCUT2D eigenvalue weighted by Crippen LogP contribution is -2.35. The van der Waals surface area contributed by atoms with Gasteiger partial charge in [-0.05, 0) is 36.7 Å². The average Bonchev–Trinajstić information content (AvgIpc) is 3.25. The molecular weight excluding hydrogens is 436 g/mol. The molecule has 2 rings (SSSR count). The van der Waals surface area contributed by atoms with Crippen molar-refractivity contribution < 1.29 is 33.7 Å². The topological polar surface area (TPSA) is 123 Å². The third-order valence-corrected chi connectivity index (χ3v) is 5.05. The van der Waals surface area contributed by atoms with Crippen molar-refractivity contribution in [3.05, 3.63) is 49.1 Å². The summed E-state index contributed by atoms with van der Waals surface area (Å²) in [4.78, 5) is 37.2. The Morgan fingerprint density at radius 2 is 1.94 bits per heavy atom. The minimum absolute atomic E-state index is 0.00455. The van der Waals surface area contributed by atoms with Gasteiger partial charge in [-0.15, -0.1) is 0 Å². The van der Waals surface area contributed by atoms with Gasteiger partial charge in [0.1, 0.15) is 24.9 Å². The number of hydrogen-bond donors (Lipinski definition) is 3. The second kappa shape index (κ2) is 12.0. The highest BCUT2D eigenvalue weighted by molar-refractivity contribution is 7.80. The van der Waals surface area contributed by atoms with Crippen molar-refractivity contribution in [2.24, 2.45) is 11.8 Å². The van der Waals surface area contributed by atoms with Gasteiger partial charge in [0, 0.05) is 18.3 Å². The van der Waals surface area contributed by atoms with Gasteiger partial charge < -0.3 is 30.0 Å². The van der Waals surface area contributed by atoms with E-state index in [2.05, 4.69) is 23.8 Å². The van der Waals surface area contributed by atoms with Gasteiger partial charge in [-0.3, -0.25) is 9.59 Å². The number of thiocarbonyl (C=S) groups is 1. The fourth-order valence-electron chi connectivity index (χ4n) is 3.30. The fourth-order valence-corrected chi connectivity index (χ4v) is 3.59. The maximum atomic E-state index is 12.8. The summed E-state index contributed by atoms with van der Waals surface area (Å²) in [7, 11) is 1.44. The number of ether oxygens (including phenoxy) is 3. The van der Waals surface area contributed by atoms with Crippen LogP contribution in [0.1, 0.15) is 16.8 Å². The third kappa shape index (κ3) is 6.63. The molecule has 0 aromatic heterocycles. The van der Waals surface area contributed by atoms with Gasteiger partial charge in [-0.2, -0.15) is 0 Å². The molecule has 1 aliphatic heterocycles. The molecule has 0 saturated carbocycles. The molecule has 10 heteroatoms. The maximum Gasteiger partial charge on any atom is 0.338 e. The van der Waals surface area contributed by atoms with E-state index >= 15 is 0 Å². The van der Waals surface area contributed by atoms with E-state index < -0.39 is 34.9 Å². The van der Waals surface area contributed by atoms with Crippen LogP contribution in [0.3, 0.4) is 0 Å². The monoisotopic (exact) mass is 462 g/mol. The van der Waals surface area contributed by atoms with Crippen LogP contribution in [-0.2, 0) is 19.1 Å². The van der Waals surface area contributed by atoms with Gasteiger partial charge in [-0.1, -0.05) is 25.3 Å². The molecule has 0 aliphatic carbocycles. The first-order chi connectivity index (χ1) is 15.3. The van der Waals surface area contributed by atoms with E-state index in [1.807, 2.05) is 0 Å². The SMILES string of the molecule is C=CCOC(=O)c1cc(NC(=O)C2C[C@@H]([C@@H](C(=O)OCC=C)C(O)=S)CN2)cc(OC)c1. The minimum atomic E-state index is -1.03. The summed E-state index contributed by atoms with van der Waals surface area (Å²) in [5, 5.41) is 15.1. The van der Waals surface area contributed by atoms with Crippen molar-refractivity contribution in [2.75, 3.05) is 32.2 Å². The second-order valence-electron chi connectivity index (χ2n) is 7.02. The number of carbonyl (C=O) groups excluding carboxylic acids is 3. The Kier molecular flexibility index (Phi) is 9.36. The zero-order chi connectivity index (χ0) is 23.7. The van der Waals surface area contributed by atoms with Crippen LogP contribution < -0.4 is 15.4 Å². The summed E-state index contributed by atoms with van der Waals surface area (Å²) in [6.45, 7) is 7.29. The molecule has 0 bridgehead atoms. The van der Waals surface area contributed by atoms with Crippen LogP contribution in [0.4, 0.5) is 5.69 Å². The number of esters is 2. The molecule has 1 amide bonds. The van der Waals surface area contributed by atoms with Crippen LogP contribution in [0.15, 0.2) is 43.5 Å². The molecule has 1 aromatic rings. The Balaban J connectivity index is 2.09. The van der Waals surface area contributed by atoms with Crippen LogP contribution in [0, 0.1) is 11.8 Å². The first kappa shape index (κ1) is 25.0. The van der Waals surface area contributed by atoms with Crippen LogP contribution in [0.2, 0.25) is 0 Å². The van der Waals surface area contributed by atoms with Crippen LogP contribution in [-0.4, -0.2) is 60.9 Å². The summed E-state index contributed by atoms with van der Waals surface area (Å²) < 4.78 is 15.2. The molecule has 0 spiro atoms. The number of carbonyl (C=O) groups is 3. The van der Waals surface area contributed by atoms with Crippen molar-refractivity contribution in [2.45, 2.75) is 12.5 Å². The van der Waals surface area contributed by atoms with Gasteiger partial charge in [0.15, 0.2) is 5.05 Å². The van der Waals surface area contributed by atoms with Crippen LogP contribution in [0.25, 0.3) is 0 Å². The molecule has 172 valence electrons. The number of aliphatic hydroxyl groups excluding tert-OH is 1. The largest absolute Gasteiger partial charge is 0.501 e. The predicted molar refractivity (Wildman–Crippen MR) is 122 cm³/mol. The third-order valence-electron chi connectivity index (χ3n) is 4.79. The Bertz CT molecular complexity index is 902. The van der Waals surface area contributed by atoms with Gasteiger partial charge in [-0.25, -0.2) is 4.79 Å². The molecule has 1 aliphatic rings. The van der Waals surface area contributed by atoms with E-state index in [0.29, 0.717) is 11.4 Å². The molecule has 0 radical (unpaired) electrons. The highest BCUT2D eigenvalue weighted by atomic mass is 32.1. The molecule has 32 heavy (non-hydrogen) atoms. The fraction of sp³-hybridized carbons (Fsp3) is 0.364. The van der Waals surface area contributed by atoms with E-state index in [0.717, 1.165) is 0 Å². The van der Waals surface area contributed by atoms with E-state index in [9.17, 15) is 19.5 Å². The van der Waals surface area contributed by atoms with Crippen molar-refractivity contribution in [3.8, 4) is 5.75 Å². The first-order valence-corrected chi connectivity index (χ1v) is 10.2. The number of nitrogens with one attached hydrogen (secondary N) is 2. The standard InChI is InChI=1S/C22H26N2O7S/c1-4-6-30-20(26)13-8-15(11-16(9-13)29-3)24-19(25)17-10-14(12-23-17)18(22(28)32)21(27)31-7-5-2/h4-5,8-9,11,14,17-18,23H,1-2,6-7,10,12H2,3H3,(H,24,25)(H,28,32)/t14-,17?,18+/m1/s1. The average molecular weight is 463 g/mol. The normalized spacial score (nSPS) is 18.2. The zero-order valence-corrected chi connectivity index (χ0v) is 18.5. The van der Waals surface area contributed by atoms with E-state index in [1.54, 1.807) is 6.07 Å². The molecule has 3 atom stereocenters. The van der Waals surface area contributed by atoms with E-state index in [4.69, 9.17) is 26.4 Å². The second-order valence-corrected chi connectivity index (χ2v) is 7.44. The van der Waals surface area contributed by atoms with Crippen molar-refractivity contribution >= 4 is 40.8 Å². The lowest BCUT2D eigenvalue weighted by molar-refractivity contribution is -0.146. The molecule has 9 nitrogen and oxygen atoms in total. The number of aliphatic hydroxyl groups is 1. The molecule has 1 fully saturated rings. The Labute approximate surface area is 191 Å².